The molecule has 4 heterocycles. The van der Waals surface area contributed by atoms with Gasteiger partial charge in [0.25, 0.3) is 0 Å². The lowest BCUT2D eigenvalue weighted by molar-refractivity contribution is -0.132. The standard InChI is InChI=1S/C30H42FN5O2S/c1-5-19(3)27(24-17-22(31)8-7-20(24)6-2)21-11-14-36(15-12-21)30-33-25-13-16-39(38)28(25)29(34-30)32-23-9-10-26(37)35(4)18-23/h7-8,17,19,21,23,27H,5-6,9-16,18H2,1-4H3,(H,32,33,34)/t19?,23-,27?,39?/m0/s1. The number of likely N-dealkylation sites (tertiary alicyclic amines) is 1. The fraction of sp³-hybridized carbons (Fsp3) is 0.633. The van der Waals surface area contributed by atoms with Gasteiger partial charge in [0.05, 0.1) is 0 Å². The number of nitrogens with zero attached hydrogens (tertiary/aromatic N) is 4. The van der Waals surface area contributed by atoms with Crippen molar-refractivity contribution in [2.24, 2.45) is 11.8 Å². The number of carbonyl (C=O) groups excluding carboxylic acids is 1. The number of aryl methyl sites for hydroxylation is 2. The van der Waals surface area contributed by atoms with Crippen molar-refractivity contribution in [3.8, 4) is 0 Å². The molecule has 7 nitrogen and oxygen atoms in total. The molecular weight excluding hydrogens is 513 g/mol. The maximum absolute atomic E-state index is 14.4. The highest BCUT2D eigenvalue weighted by atomic mass is 32.2. The topological polar surface area (TPSA) is 84.4 Å². The van der Waals surface area contributed by atoms with Gasteiger partial charge in [-0.05, 0) is 77.9 Å². The number of halogens is 1. The first kappa shape index (κ1) is 28.1. The van der Waals surface area contributed by atoms with Gasteiger partial charge in [-0.1, -0.05) is 33.3 Å². The van der Waals surface area contributed by atoms with E-state index in [1.54, 1.807) is 17.0 Å². The molecule has 2 fully saturated rings. The summed E-state index contributed by atoms with van der Waals surface area (Å²) >= 11 is -1.10. The van der Waals surface area contributed by atoms with Crippen LogP contribution >= 0.6 is 0 Å². The third-order valence-electron chi connectivity index (χ3n) is 9.08. The third kappa shape index (κ3) is 5.89. The maximum atomic E-state index is 14.4. The van der Waals surface area contributed by atoms with Gasteiger partial charge in [0.15, 0.2) is 5.82 Å². The molecule has 2 saturated heterocycles. The Balaban J connectivity index is 1.35. The van der Waals surface area contributed by atoms with Gasteiger partial charge in [-0.3, -0.25) is 4.79 Å². The number of piperidine rings is 2. The number of benzene rings is 1. The van der Waals surface area contributed by atoms with Crippen molar-refractivity contribution in [1.82, 2.24) is 14.9 Å². The van der Waals surface area contributed by atoms with Crippen LogP contribution in [0, 0.1) is 17.7 Å². The molecule has 1 N–H and O–H groups in total. The Morgan fingerprint density at radius 2 is 1.95 bits per heavy atom. The quantitative estimate of drug-likeness (QED) is 0.466. The van der Waals surface area contributed by atoms with Crippen LogP contribution in [0.4, 0.5) is 16.2 Å². The SMILES string of the molecule is CCc1ccc(F)cc1C(C(C)CC)C1CCN(c2nc3c(c(N[C@H]4CCC(=O)N(C)C4)n2)[S+]([O-])CC3)CC1. The summed E-state index contributed by atoms with van der Waals surface area (Å²) in [6.07, 6.45) is 5.91. The second-order valence-corrected chi connectivity index (χ2v) is 13.0. The minimum atomic E-state index is -1.10. The van der Waals surface area contributed by atoms with Crippen LogP contribution in [0.1, 0.15) is 75.6 Å². The molecule has 0 spiro atoms. The number of rotatable bonds is 8. The number of aromatic nitrogens is 2. The summed E-state index contributed by atoms with van der Waals surface area (Å²) in [6.45, 7) is 8.99. The predicted octanol–water partition coefficient (Wildman–Crippen LogP) is 4.92. The molecule has 0 bridgehead atoms. The Bertz CT molecular complexity index is 1190. The molecule has 0 aliphatic carbocycles. The minimum absolute atomic E-state index is 0.0817. The molecule has 1 aromatic heterocycles. The molecule has 3 unspecified atom stereocenters. The van der Waals surface area contributed by atoms with E-state index in [4.69, 9.17) is 9.97 Å². The number of likely N-dealkylation sites (N-methyl/N-ethyl adjacent to an activating group) is 1. The molecule has 2 aromatic rings. The van der Waals surface area contributed by atoms with Crippen molar-refractivity contribution in [3.05, 3.63) is 40.8 Å². The van der Waals surface area contributed by atoms with E-state index in [1.165, 1.54) is 11.1 Å². The van der Waals surface area contributed by atoms with Crippen LogP contribution in [0.15, 0.2) is 23.1 Å². The Kier molecular flexibility index (Phi) is 8.66. The van der Waals surface area contributed by atoms with Crippen molar-refractivity contribution in [2.75, 3.05) is 42.7 Å². The van der Waals surface area contributed by atoms with Gasteiger partial charge in [-0.2, -0.15) is 4.98 Å². The largest absolute Gasteiger partial charge is 0.611 e. The molecule has 39 heavy (non-hydrogen) atoms. The van der Waals surface area contributed by atoms with Crippen LogP contribution < -0.4 is 10.2 Å². The zero-order chi connectivity index (χ0) is 27.7. The lowest BCUT2D eigenvalue weighted by atomic mass is 9.71. The molecule has 1 aromatic carbocycles. The summed E-state index contributed by atoms with van der Waals surface area (Å²) in [5, 5.41) is 3.53. The van der Waals surface area contributed by atoms with E-state index in [0.717, 1.165) is 55.8 Å². The van der Waals surface area contributed by atoms with Gasteiger partial charge in [-0.25, -0.2) is 9.37 Å². The fourth-order valence-electron chi connectivity index (χ4n) is 6.68. The number of carbonyl (C=O) groups is 1. The molecule has 5 rings (SSSR count). The van der Waals surface area contributed by atoms with Crippen LogP contribution in [0.25, 0.3) is 0 Å². The van der Waals surface area contributed by atoms with Crippen LogP contribution in [0.5, 0.6) is 0 Å². The Morgan fingerprint density at radius 1 is 1.18 bits per heavy atom. The highest BCUT2D eigenvalue weighted by molar-refractivity contribution is 7.91. The van der Waals surface area contributed by atoms with Gasteiger partial charge in [0.2, 0.25) is 16.8 Å². The zero-order valence-corrected chi connectivity index (χ0v) is 24.5. The normalized spacial score (nSPS) is 23.6. The summed E-state index contributed by atoms with van der Waals surface area (Å²) in [4.78, 5) is 26.6. The number of fused-ring (bicyclic) bond motifs is 1. The van der Waals surface area contributed by atoms with E-state index in [1.807, 2.05) is 13.1 Å². The number of hydrogen-bond donors (Lipinski definition) is 1. The van der Waals surface area contributed by atoms with Crippen molar-refractivity contribution < 1.29 is 13.7 Å². The summed E-state index contributed by atoms with van der Waals surface area (Å²) in [7, 11) is 1.83. The van der Waals surface area contributed by atoms with E-state index >= 15 is 0 Å². The van der Waals surface area contributed by atoms with Crippen molar-refractivity contribution in [2.45, 2.75) is 82.6 Å². The highest BCUT2D eigenvalue weighted by Gasteiger charge is 2.36. The van der Waals surface area contributed by atoms with E-state index in [9.17, 15) is 13.7 Å². The van der Waals surface area contributed by atoms with E-state index in [2.05, 4.69) is 31.0 Å². The average Bonchev–Trinajstić information content (AvgIpc) is 3.32. The number of hydrogen-bond acceptors (Lipinski definition) is 6. The first-order chi connectivity index (χ1) is 18.8. The zero-order valence-electron chi connectivity index (χ0n) is 23.7. The van der Waals surface area contributed by atoms with E-state index in [-0.39, 0.29) is 17.8 Å². The number of anilines is 2. The average molecular weight is 556 g/mol. The molecule has 212 valence electrons. The fourth-order valence-corrected chi connectivity index (χ4v) is 8.00. The van der Waals surface area contributed by atoms with Crippen molar-refractivity contribution in [1.29, 1.82) is 0 Å². The third-order valence-corrected chi connectivity index (χ3v) is 10.5. The van der Waals surface area contributed by atoms with Crippen LogP contribution in [0.2, 0.25) is 0 Å². The second kappa shape index (κ2) is 12.0. The lowest BCUT2D eigenvalue weighted by Gasteiger charge is -2.39. The van der Waals surface area contributed by atoms with Gasteiger partial charge < -0.3 is 19.7 Å². The van der Waals surface area contributed by atoms with Crippen LogP contribution in [-0.4, -0.2) is 63.8 Å². The van der Waals surface area contributed by atoms with E-state index < -0.39 is 11.2 Å². The molecular formula is C30H42FN5O2S. The highest BCUT2D eigenvalue weighted by Crippen LogP contribution is 2.42. The summed E-state index contributed by atoms with van der Waals surface area (Å²) in [5.41, 5.74) is 3.32. The summed E-state index contributed by atoms with van der Waals surface area (Å²) < 4.78 is 27.2. The summed E-state index contributed by atoms with van der Waals surface area (Å²) in [5.74, 6) is 3.23. The number of nitrogens with one attached hydrogen (secondary N) is 1. The smallest absolute Gasteiger partial charge is 0.227 e. The van der Waals surface area contributed by atoms with Gasteiger partial charge >= 0.3 is 0 Å². The Hall–Kier alpha value is -2.39. The molecule has 9 heteroatoms. The second-order valence-electron chi connectivity index (χ2n) is 11.5. The molecule has 1 amide bonds. The van der Waals surface area contributed by atoms with Crippen LogP contribution in [0.3, 0.4) is 0 Å². The Morgan fingerprint density at radius 3 is 2.64 bits per heavy atom. The van der Waals surface area contributed by atoms with Crippen molar-refractivity contribution in [3.63, 3.8) is 0 Å². The van der Waals surface area contributed by atoms with Gasteiger partial charge in [0.1, 0.15) is 17.3 Å². The van der Waals surface area contributed by atoms with Gasteiger partial charge in [-0.15, -0.1) is 0 Å². The minimum Gasteiger partial charge on any atom is -0.611 e. The first-order valence-electron chi connectivity index (χ1n) is 14.6. The lowest BCUT2D eigenvalue weighted by Crippen LogP contribution is -2.43. The molecule has 4 atom stereocenters. The maximum Gasteiger partial charge on any atom is 0.227 e. The van der Waals surface area contributed by atoms with Gasteiger partial charge in [0, 0.05) is 45.6 Å². The molecule has 3 aliphatic heterocycles. The predicted molar refractivity (Wildman–Crippen MR) is 154 cm³/mol. The van der Waals surface area contributed by atoms with Crippen LogP contribution in [-0.2, 0) is 28.8 Å². The number of amides is 1. The van der Waals surface area contributed by atoms with Crippen molar-refractivity contribution >= 4 is 28.8 Å². The summed E-state index contributed by atoms with van der Waals surface area (Å²) in [6, 6.07) is 5.41. The monoisotopic (exact) mass is 555 g/mol. The first-order valence-corrected chi connectivity index (χ1v) is 15.9. The Labute approximate surface area is 235 Å². The molecule has 0 radical (unpaired) electrons. The van der Waals surface area contributed by atoms with E-state index in [0.29, 0.717) is 54.7 Å². The molecule has 3 aliphatic rings. The molecule has 0 saturated carbocycles.